The highest BCUT2D eigenvalue weighted by atomic mass is 79.9. The molecule has 0 aromatic heterocycles. The Kier molecular flexibility index (Phi) is 5.86. The van der Waals surface area contributed by atoms with E-state index in [1.165, 1.54) is 19.3 Å². The molecule has 1 aliphatic carbocycles. The van der Waals surface area contributed by atoms with Gasteiger partial charge >= 0.3 is 0 Å². The fourth-order valence-corrected chi connectivity index (χ4v) is 5.32. The maximum atomic E-state index is 12.5. The minimum atomic E-state index is -3.41. The first-order valence-corrected chi connectivity index (χ1v) is 10.2. The molecule has 1 saturated carbocycles. The van der Waals surface area contributed by atoms with Crippen molar-refractivity contribution in [3.8, 4) is 0 Å². The van der Waals surface area contributed by atoms with E-state index in [0.29, 0.717) is 23.3 Å². The fourth-order valence-electron chi connectivity index (χ4n) is 3.05. The van der Waals surface area contributed by atoms with Crippen molar-refractivity contribution in [3.63, 3.8) is 0 Å². The average Bonchev–Trinajstić information content (AvgIpc) is 2.48. The van der Waals surface area contributed by atoms with E-state index < -0.39 is 10.0 Å². The molecule has 1 aliphatic rings. The van der Waals surface area contributed by atoms with Gasteiger partial charge in [0.05, 0.1) is 4.90 Å². The Hall–Kier alpha value is -0.390. The molecule has 3 nitrogen and oxygen atoms in total. The predicted molar refractivity (Wildman–Crippen MR) is 90.3 cm³/mol. The van der Waals surface area contributed by atoms with E-state index in [1.807, 2.05) is 26.0 Å². The minimum absolute atomic E-state index is 0.411. The van der Waals surface area contributed by atoms with Crippen molar-refractivity contribution in [1.29, 1.82) is 0 Å². The third kappa shape index (κ3) is 4.30. The summed E-state index contributed by atoms with van der Waals surface area (Å²) in [5.41, 5.74) is 1.77. The second-order valence-corrected chi connectivity index (χ2v) is 8.46. The molecule has 0 bridgehead atoms. The van der Waals surface area contributed by atoms with Crippen molar-refractivity contribution in [2.24, 2.45) is 11.8 Å². The Morgan fingerprint density at radius 1 is 1.19 bits per heavy atom. The molecule has 0 spiro atoms. The molecule has 0 radical (unpaired) electrons. The van der Waals surface area contributed by atoms with Gasteiger partial charge in [0, 0.05) is 11.9 Å². The van der Waals surface area contributed by atoms with Crippen LogP contribution in [0.25, 0.3) is 0 Å². The Bertz CT molecular complexity index is 586. The van der Waals surface area contributed by atoms with E-state index in [4.69, 9.17) is 0 Å². The number of benzene rings is 1. The van der Waals surface area contributed by atoms with Gasteiger partial charge in [-0.15, -0.1) is 0 Å². The van der Waals surface area contributed by atoms with Crippen LogP contribution >= 0.6 is 15.9 Å². The van der Waals surface area contributed by atoms with Crippen molar-refractivity contribution in [1.82, 2.24) is 4.72 Å². The zero-order chi connectivity index (χ0) is 15.5. The molecule has 1 fully saturated rings. The lowest BCUT2D eigenvalue weighted by Gasteiger charge is -2.30. The van der Waals surface area contributed by atoms with Crippen LogP contribution in [0.5, 0.6) is 0 Å². The van der Waals surface area contributed by atoms with Crippen LogP contribution in [0.1, 0.15) is 36.8 Å². The third-order valence-corrected chi connectivity index (χ3v) is 6.83. The number of hydrogen-bond acceptors (Lipinski definition) is 2. The van der Waals surface area contributed by atoms with Crippen molar-refractivity contribution < 1.29 is 8.42 Å². The van der Waals surface area contributed by atoms with Gasteiger partial charge in [-0.25, -0.2) is 13.1 Å². The van der Waals surface area contributed by atoms with Crippen LogP contribution in [0.15, 0.2) is 23.1 Å². The van der Waals surface area contributed by atoms with Gasteiger partial charge in [-0.1, -0.05) is 40.9 Å². The second-order valence-electron chi connectivity index (χ2n) is 6.08. The van der Waals surface area contributed by atoms with Crippen LogP contribution in [0.2, 0.25) is 0 Å². The second kappa shape index (κ2) is 7.25. The molecule has 0 saturated heterocycles. The van der Waals surface area contributed by atoms with E-state index in [-0.39, 0.29) is 0 Å². The molecular formula is C16H24BrNO2S. The zero-order valence-corrected chi connectivity index (χ0v) is 15.1. The summed E-state index contributed by atoms with van der Waals surface area (Å²) in [4.78, 5) is 0.411. The topological polar surface area (TPSA) is 46.2 Å². The summed E-state index contributed by atoms with van der Waals surface area (Å²) in [5, 5.41) is 0.961. The first-order valence-electron chi connectivity index (χ1n) is 7.57. The number of aryl methyl sites for hydroxylation is 2. The normalized spacial score (nSPS) is 23.2. The van der Waals surface area contributed by atoms with Gasteiger partial charge in [-0.05, 0) is 55.7 Å². The summed E-state index contributed by atoms with van der Waals surface area (Å²) in [6, 6.07) is 5.56. The number of nitrogens with one attached hydrogen (secondary N) is 1. The summed E-state index contributed by atoms with van der Waals surface area (Å²) < 4.78 is 27.9. The molecule has 2 atom stereocenters. The third-order valence-electron chi connectivity index (χ3n) is 4.43. The van der Waals surface area contributed by atoms with Crippen LogP contribution in [0.3, 0.4) is 0 Å². The maximum absolute atomic E-state index is 12.5. The summed E-state index contributed by atoms with van der Waals surface area (Å²) in [6.07, 6.45) is 4.78. The largest absolute Gasteiger partial charge is 0.240 e. The first-order chi connectivity index (χ1) is 9.94. The Balaban J connectivity index is 2.09. The quantitative estimate of drug-likeness (QED) is 0.798. The lowest BCUT2D eigenvalue weighted by atomic mass is 9.80. The summed E-state index contributed by atoms with van der Waals surface area (Å²) in [7, 11) is -3.41. The molecule has 118 valence electrons. The zero-order valence-electron chi connectivity index (χ0n) is 12.7. The average molecular weight is 374 g/mol. The van der Waals surface area contributed by atoms with Gasteiger partial charge in [0.1, 0.15) is 0 Å². The fraction of sp³-hybridized carbons (Fsp3) is 0.625. The summed E-state index contributed by atoms with van der Waals surface area (Å²) >= 11 is 3.56. The Labute approximate surface area is 136 Å². The van der Waals surface area contributed by atoms with E-state index >= 15 is 0 Å². The lowest BCUT2D eigenvalue weighted by molar-refractivity contribution is 0.263. The number of halogens is 1. The molecule has 21 heavy (non-hydrogen) atoms. The van der Waals surface area contributed by atoms with Gasteiger partial charge in [0.25, 0.3) is 0 Å². The first kappa shape index (κ1) is 17.0. The molecule has 0 aliphatic heterocycles. The van der Waals surface area contributed by atoms with Gasteiger partial charge in [0.15, 0.2) is 0 Å². The summed E-state index contributed by atoms with van der Waals surface area (Å²) in [5.74, 6) is 1.03. The number of alkyl halides is 1. The molecule has 1 aromatic carbocycles. The maximum Gasteiger partial charge on any atom is 0.240 e. The predicted octanol–water partition coefficient (Wildman–Crippen LogP) is 3.78. The SMILES string of the molecule is Cc1ccc(C)c(S(=O)(=O)NCC2CCCCC2CBr)c1. The number of sulfonamides is 1. The van der Waals surface area contributed by atoms with Crippen LogP contribution in [-0.2, 0) is 10.0 Å². The smallest absolute Gasteiger partial charge is 0.211 e. The monoisotopic (exact) mass is 373 g/mol. The van der Waals surface area contributed by atoms with Crippen LogP contribution < -0.4 is 4.72 Å². The Morgan fingerprint density at radius 2 is 1.86 bits per heavy atom. The van der Waals surface area contributed by atoms with Crippen molar-refractivity contribution in [3.05, 3.63) is 29.3 Å². The molecule has 0 amide bonds. The Morgan fingerprint density at radius 3 is 2.52 bits per heavy atom. The highest BCUT2D eigenvalue weighted by Gasteiger charge is 2.26. The van der Waals surface area contributed by atoms with E-state index in [2.05, 4.69) is 20.7 Å². The van der Waals surface area contributed by atoms with E-state index in [9.17, 15) is 8.42 Å². The highest BCUT2D eigenvalue weighted by molar-refractivity contribution is 9.09. The van der Waals surface area contributed by atoms with E-state index in [0.717, 1.165) is 22.9 Å². The number of rotatable bonds is 5. The van der Waals surface area contributed by atoms with Crippen molar-refractivity contribution >= 4 is 26.0 Å². The summed E-state index contributed by atoms with van der Waals surface area (Å²) in [6.45, 7) is 4.31. The van der Waals surface area contributed by atoms with E-state index in [1.54, 1.807) is 6.07 Å². The highest BCUT2D eigenvalue weighted by Crippen LogP contribution is 2.31. The van der Waals surface area contributed by atoms with Gasteiger partial charge in [-0.2, -0.15) is 0 Å². The molecule has 2 rings (SSSR count). The van der Waals surface area contributed by atoms with Gasteiger partial charge < -0.3 is 0 Å². The minimum Gasteiger partial charge on any atom is -0.211 e. The van der Waals surface area contributed by atoms with Crippen LogP contribution in [-0.4, -0.2) is 20.3 Å². The van der Waals surface area contributed by atoms with Crippen LogP contribution in [0.4, 0.5) is 0 Å². The molecule has 1 N–H and O–H groups in total. The molecule has 2 unspecified atom stereocenters. The van der Waals surface area contributed by atoms with Gasteiger partial charge in [-0.3, -0.25) is 0 Å². The van der Waals surface area contributed by atoms with Crippen molar-refractivity contribution in [2.75, 3.05) is 11.9 Å². The van der Waals surface area contributed by atoms with Crippen molar-refractivity contribution in [2.45, 2.75) is 44.4 Å². The molecule has 1 aromatic rings. The lowest BCUT2D eigenvalue weighted by Crippen LogP contribution is -2.35. The molecular weight excluding hydrogens is 350 g/mol. The van der Waals surface area contributed by atoms with Crippen LogP contribution in [0, 0.1) is 25.7 Å². The molecule has 5 heteroatoms. The standard InChI is InChI=1S/C16H24BrNO2S/c1-12-7-8-13(2)16(9-12)21(19,20)18-11-15-6-4-3-5-14(15)10-17/h7-9,14-15,18H,3-6,10-11H2,1-2H3. The number of hydrogen-bond donors (Lipinski definition) is 1. The molecule has 0 heterocycles. The van der Waals surface area contributed by atoms with Gasteiger partial charge in [0.2, 0.25) is 10.0 Å².